The molecule has 0 aliphatic rings. The SMILES string of the molecule is Cc1nc2ccccn2c1N=Nc1cc(Cl)cc(Cl)c1. The van der Waals surface area contributed by atoms with Crippen LogP contribution in [0.5, 0.6) is 0 Å². The highest BCUT2D eigenvalue weighted by molar-refractivity contribution is 6.35. The predicted octanol–water partition coefficient (Wildman–Crippen LogP) is 5.36. The highest BCUT2D eigenvalue weighted by Gasteiger charge is 2.06. The molecule has 20 heavy (non-hydrogen) atoms. The smallest absolute Gasteiger partial charge is 0.182 e. The fraction of sp³-hybridized carbons (Fsp3) is 0.0714. The highest BCUT2D eigenvalue weighted by atomic mass is 35.5. The Bertz CT molecular complexity index is 788. The van der Waals surface area contributed by atoms with Gasteiger partial charge in [-0.25, -0.2) is 4.98 Å². The molecule has 0 amide bonds. The van der Waals surface area contributed by atoms with Gasteiger partial charge in [0, 0.05) is 16.2 Å². The average molecular weight is 305 g/mol. The molecule has 0 spiro atoms. The molecule has 0 fully saturated rings. The number of benzene rings is 1. The lowest BCUT2D eigenvalue weighted by atomic mass is 10.3. The molecule has 0 unspecified atom stereocenters. The largest absolute Gasteiger partial charge is 0.283 e. The van der Waals surface area contributed by atoms with Crippen LogP contribution in [0.2, 0.25) is 10.0 Å². The molecule has 2 heterocycles. The van der Waals surface area contributed by atoms with Gasteiger partial charge < -0.3 is 0 Å². The molecule has 3 aromatic rings. The van der Waals surface area contributed by atoms with Crippen LogP contribution in [0.1, 0.15) is 5.69 Å². The predicted molar refractivity (Wildman–Crippen MR) is 80.6 cm³/mol. The molecule has 2 aromatic heterocycles. The molecule has 0 bridgehead atoms. The lowest BCUT2D eigenvalue weighted by Gasteiger charge is -1.97. The summed E-state index contributed by atoms with van der Waals surface area (Å²) in [4.78, 5) is 4.42. The zero-order valence-electron chi connectivity index (χ0n) is 10.6. The summed E-state index contributed by atoms with van der Waals surface area (Å²) >= 11 is 11.9. The van der Waals surface area contributed by atoms with Crippen molar-refractivity contribution in [3.8, 4) is 0 Å². The average Bonchev–Trinajstić information content (AvgIpc) is 2.71. The maximum atomic E-state index is 5.93. The zero-order valence-corrected chi connectivity index (χ0v) is 12.1. The van der Waals surface area contributed by atoms with Crippen molar-refractivity contribution in [3.05, 3.63) is 58.3 Å². The molecule has 100 valence electrons. The molecule has 1 aromatic carbocycles. The Hall–Kier alpha value is -1.91. The summed E-state index contributed by atoms with van der Waals surface area (Å²) < 4.78 is 1.88. The Morgan fingerprint density at radius 3 is 2.55 bits per heavy atom. The number of rotatable bonds is 2. The Morgan fingerprint density at radius 1 is 1.05 bits per heavy atom. The fourth-order valence-electron chi connectivity index (χ4n) is 1.92. The van der Waals surface area contributed by atoms with Gasteiger partial charge in [-0.2, -0.15) is 0 Å². The molecular weight excluding hydrogens is 295 g/mol. The third kappa shape index (κ3) is 2.53. The number of aryl methyl sites for hydroxylation is 1. The van der Waals surface area contributed by atoms with E-state index in [2.05, 4.69) is 15.2 Å². The fourth-order valence-corrected chi connectivity index (χ4v) is 2.44. The molecule has 0 N–H and O–H groups in total. The number of azo groups is 1. The number of imidazole rings is 1. The minimum Gasteiger partial charge on any atom is -0.283 e. The van der Waals surface area contributed by atoms with Crippen molar-refractivity contribution < 1.29 is 0 Å². The normalized spacial score (nSPS) is 11.6. The minimum atomic E-state index is 0.529. The van der Waals surface area contributed by atoms with Crippen LogP contribution >= 0.6 is 23.2 Å². The monoisotopic (exact) mass is 304 g/mol. The maximum absolute atomic E-state index is 5.93. The Labute approximate surface area is 125 Å². The number of hydrogen-bond donors (Lipinski definition) is 0. The molecule has 4 nitrogen and oxygen atoms in total. The van der Waals surface area contributed by atoms with Gasteiger partial charge in [-0.1, -0.05) is 29.3 Å². The number of fused-ring (bicyclic) bond motifs is 1. The Kier molecular flexibility index (Phi) is 3.42. The van der Waals surface area contributed by atoms with Gasteiger partial charge in [0.1, 0.15) is 5.65 Å². The molecule has 3 rings (SSSR count). The van der Waals surface area contributed by atoms with Crippen LogP contribution in [0.4, 0.5) is 11.5 Å². The Morgan fingerprint density at radius 2 is 1.80 bits per heavy atom. The lowest BCUT2D eigenvalue weighted by molar-refractivity contribution is 1.09. The van der Waals surface area contributed by atoms with E-state index < -0.39 is 0 Å². The number of hydrogen-bond acceptors (Lipinski definition) is 3. The summed E-state index contributed by atoms with van der Waals surface area (Å²) in [6.45, 7) is 1.90. The summed E-state index contributed by atoms with van der Waals surface area (Å²) in [6, 6.07) is 10.8. The van der Waals surface area contributed by atoms with Crippen molar-refractivity contribution in [1.29, 1.82) is 0 Å². The van der Waals surface area contributed by atoms with Crippen LogP contribution < -0.4 is 0 Å². The quantitative estimate of drug-likeness (QED) is 0.587. The minimum absolute atomic E-state index is 0.529. The molecule has 0 saturated carbocycles. The maximum Gasteiger partial charge on any atom is 0.182 e. The first-order valence-electron chi connectivity index (χ1n) is 5.95. The van der Waals surface area contributed by atoms with Crippen molar-refractivity contribution in [1.82, 2.24) is 9.38 Å². The van der Waals surface area contributed by atoms with Crippen LogP contribution in [0.15, 0.2) is 52.8 Å². The van der Waals surface area contributed by atoms with Gasteiger partial charge in [-0.3, -0.25) is 4.40 Å². The molecule has 0 atom stereocenters. The summed E-state index contributed by atoms with van der Waals surface area (Å²) in [5.41, 5.74) is 2.25. The van der Waals surface area contributed by atoms with E-state index in [0.717, 1.165) is 11.3 Å². The van der Waals surface area contributed by atoms with Crippen molar-refractivity contribution >= 4 is 40.4 Å². The molecule has 0 radical (unpaired) electrons. The lowest BCUT2D eigenvalue weighted by Crippen LogP contribution is -1.80. The number of pyridine rings is 1. The van der Waals surface area contributed by atoms with Crippen LogP contribution in [0, 0.1) is 6.92 Å². The van der Waals surface area contributed by atoms with E-state index in [1.165, 1.54) is 0 Å². The van der Waals surface area contributed by atoms with Crippen LogP contribution in [-0.2, 0) is 0 Å². The number of aromatic nitrogens is 2. The summed E-state index contributed by atoms with van der Waals surface area (Å²) in [5.74, 6) is 0.691. The standard InChI is InChI=1S/C14H10Cl2N4/c1-9-14(20-5-3-2-4-13(20)17-9)19-18-12-7-10(15)6-11(16)8-12/h2-8H,1H3. The van der Waals surface area contributed by atoms with Crippen LogP contribution in [0.3, 0.4) is 0 Å². The zero-order chi connectivity index (χ0) is 14.1. The van der Waals surface area contributed by atoms with Crippen LogP contribution in [-0.4, -0.2) is 9.38 Å². The third-order valence-corrected chi connectivity index (χ3v) is 3.22. The van der Waals surface area contributed by atoms with Crippen molar-refractivity contribution in [2.45, 2.75) is 6.92 Å². The molecule has 0 aliphatic carbocycles. The van der Waals surface area contributed by atoms with E-state index >= 15 is 0 Å². The molecule has 6 heteroatoms. The van der Waals surface area contributed by atoms with Crippen molar-refractivity contribution in [2.75, 3.05) is 0 Å². The number of halogens is 2. The van der Waals surface area contributed by atoms with Crippen LogP contribution in [0.25, 0.3) is 5.65 Å². The molecular formula is C14H10Cl2N4. The first-order chi connectivity index (χ1) is 9.63. The van der Waals surface area contributed by atoms with Gasteiger partial charge in [0.05, 0.1) is 11.4 Å². The topological polar surface area (TPSA) is 42.0 Å². The van der Waals surface area contributed by atoms with Crippen molar-refractivity contribution in [3.63, 3.8) is 0 Å². The first kappa shape index (κ1) is 13.1. The Balaban J connectivity index is 2.04. The number of nitrogens with zero attached hydrogens (tertiary/aromatic N) is 4. The van der Waals surface area contributed by atoms with E-state index in [4.69, 9.17) is 23.2 Å². The summed E-state index contributed by atoms with van der Waals surface area (Å²) in [6.07, 6.45) is 1.90. The highest BCUT2D eigenvalue weighted by Crippen LogP contribution is 2.27. The first-order valence-corrected chi connectivity index (χ1v) is 6.70. The third-order valence-electron chi connectivity index (χ3n) is 2.78. The second-order valence-corrected chi connectivity index (χ2v) is 5.15. The van der Waals surface area contributed by atoms with Gasteiger partial charge in [0.2, 0.25) is 0 Å². The second-order valence-electron chi connectivity index (χ2n) is 4.28. The van der Waals surface area contributed by atoms with E-state index in [0.29, 0.717) is 21.6 Å². The summed E-state index contributed by atoms with van der Waals surface area (Å²) in [5, 5.41) is 9.49. The van der Waals surface area contributed by atoms with Crippen molar-refractivity contribution in [2.24, 2.45) is 10.2 Å². The van der Waals surface area contributed by atoms with E-state index in [1.807, 2.05) is 35.7 Å². The molecule has 0 aliphatic heterocycles. The van der Waals surface area contributed by atoms with E-state index in [9.17, 15) is 0 Å². The van der Waals surface area contributed by atoms with Gasteiger partial charge in [-0.15, -0.1) is 10.2 Å². The van der Waals surface area contributed by atoms with E-state index in [-0.39, 0.29) is 0 Å². The molecule has 0 saturated heterocycles. The van der Waals surface area contributed by atoms with Gasteiger partial charge in [-0.05, 0) is 37.3 Å². The summed E-state index contributed by atoms with van der Waals surface area (Å²) in [7, 11) is 0. The van der Waals surface area contributed by atoms with Gasteiger partial charge >= 0.3 is 0 Å². The van der Waals surface area contributed by atoms with Gasteiger partial charge in [0.15, 0.2) is 5.82 Å². The van der Waals surface area contributed by atoms with Gasteiger partial charge in [0.25, 0.3) is 0 Å². The second kappa shape index (κ2) is 5.23. The van der Waals surface area contributed by atoms with E-state index in [1.54, 1.807) is 18.2 Å².